The first-order valence-corrected chi connectivity index (χ1v) is 7.15. The topological polar surface area (TPSA) is 128 Å². The molecular formula is C15H20N2O7. The Morgan fingerprint density at radius 1 is 1.29 bits per heavy atom. The minimum absolute atomic E-state index is 0.00702. The first-order valence-electron chi connectivity index (χ1n) is 7.15. The smallest absolute Gasteiger partial charge is 0.326 e. The van der Waals surface area contributed by atoms with E-state index in [1.807, 2.05) is 13.8 Å². The number of nitro groups is 1. The van der Waals surface area contributed by atoms with Gasteiger partial charge < -0.3 is 19.9 Å². The Morgan fingerprint density at radius 3 is 2.33 bits per heavy atom. The van der Waals surface area contributed by atoms with Gasteiger partial charge in [0.05, 0.1) is 24.7 Å². The van der Waals surface area contributed by atoms with Crippen molar-refractivity contribution in [3.05, 3.63) is 27.8 Å². The van der Waals surface area contributed by atoms with Crippen molar-refractivity contribution in [2.75, 3.05) is 14.2 Å². The maximum Gasteiger partial charge on any atom is 0.326 e. The van der Waals surface area contributed by atoms with E-state index in [1.54, 1.807) is 0 Å². The first kappa shape index (κ1) is 19.2. The van der Waals surface area contributed by atoms with E-state index in [0.717, 1.165) is 6.07 Å². The van der Waals surface area contributed by atoms with Gasteiger partial charge in [-0.25, -0.2) is 4.79 Å². The van der Waals surface area contributed by atoms with Gasteiger partial charge in [0.15, 0.2) is 5.75 Å². The van der Waals surface area contributed by atoms with Crippen LogP contribution in [0.3, 0.4) is 0 Å². The second-order valence-electron chi connectivity index (χ2n) is 5.48. The molecule has 0 aliphatic heterocycles. The van der Waals surface area contributed by atoms with Crippen LogP contribution >= 0.6 is 0 Å². The molecular weight excluding hydrogens is 320 g/mol. The summed E-state index contributed by atoms with van der Waals surface area (Å²) in [5, 5.41) is 22.7. The number of amides is 1. The molecule has 0 aromatic heterocycles. The highest BCUT2D eigenvalue weighted by Gasteiger charge is 2.26. The van der Waals surface area contributed by atoms with Gasteiger partial charge in [0.25, 0.3) is 5.91 Å². The van der Waals surface area contributed by atoms with Crippen LogP contribution < -0.4 is 14.8 Å². The number of aliphatic carboxylic acids is 1. The van der Waals surface area contributed by atoms with Gasteiger partial charge in [0.1, 0.15) is 6.04 Å². The highest BCUT2D eigenvalue weighted by Crippen LogP contribution is 2.37. The molecule has 9 nitrogen and oxygen atoms in total. The van der Waals surface area contributed by atoms with Crippen LogP contribution in [0.2, 0.25) is 0 Å². The first-order chi connectivity index (χ1) is 11.2. The van der Waals surface area contributed by atoms with Crippen LogP contribution in [0, 0.1) is 16.0 Å². The number of methoxy groups -OCH3 is 2. The maximum atomic E-state index is 12.3. The molecule has 1 atom stereocenters. The molecule has 1 aromatic carbocycles. The zero-order chi connectivity index (χ0) is 18.4. The van der Waals surface area contributed by atoms with E-state index < -0.39 is 28.5 Å². The normalized spacial score (nSPS) is 11.7. The molecule has 132 valence electrons. The Labute approximate surface area is 138 Å². The summed E-state index contributed by atoms with van der Waals surface area (Å²) < 4.78 is 9.95. The predicted octanol–water partition coefficient (Wildman–Crippen LogP) is 1.84. The summed E-state index contributed by atoms with van der Waals surface area (Å²) in [5.74, 6) is -1.98. The molecule has 0 bridgehead atoms. The summed E-state index contributed by atoms with van der Waals surface area (Å²) >= 11 is 0. The van der Waals surface area contributed by atoms with Gasteiger partial charge in [-0.15, -0.1) is 0 Å². The molecule has 0 aliphatic carbocycles. The number of nitro benzene ring substituents is 1. The van der Waals surface area contributed by atoms with Crippen molar-refractivity contribution in [1.82, 2.24) is 5.32 Å². The zero-order valence-electron chi connectivity index (χ0n) is 13.9. The van der Waals surface area contributed by atoms with Crippen LogP contribution in [0.5, 0.6) is 11.5 Å². The average Bonchev–Trinajstić information content (AvgIpc) is 2.51. The van der Waals surface area contributed by atoms with Gasteiger partial charge in [-0.05, 0) is 18.4 Å². The minimum Gasteiger partial charge on any atom is -0.493 e. The van der Waals surface area contributed by atoms with E-state index >= 15 is 0 Å². The molecule has 2 N–H and O–H groups in total. The van der Waals surface area contributed by atoms with E-state index in [4.69, 9.17) is 9.47 Å². The molecule has 0 spiro atoms. The molecule has 1 amide bonds. The number of rotatable bonds is 8. The number of carboxylic acids is 1. The molecule has 1 aromatic rings. The highest BCUT2D eigenvalue weighted by atomic mass is 16.6. The summed E-state index contributed by atoms with van der Waals surface area (Å²) in [6.45, 7) is 3.65. The second kappa shape index (κ2) is 8.14. The van der Waals surface area contributed by atoms with Gasteiger partial charge in [-0.2, -0.15) is 0 Å². The Kier molecular flexibility index (Phi) is 6.51. The van der Waals surface area contributed by atoms with E-state index in [9.17, 15) is 24.8 Å². The number of ether oxygens (including phenoxy) is 2. The quantitative estimate of drug-likeness (QED) is 0.546. The fourth-order valence-corrected chi connectivity index (χ4v) is 2.15. The van der Waals surface area contributed by atoms with Crippen LogP contribution in [-0.2, 0) is 4.79 Å². The second-order valence-corrected chi connectivity index (χ2v) is 5.48. The third kappa shape index (κ3) is 4.58. The van der Waals surface area contributed by atoms with Crippen molar-refractivity contribution in [3.8, 4) is 11.5 Å². The Balaban J connectivity index is 3.20. The number of hydrogen-bond acceptors (Lipinski definition) is 6. The molecule has 0 aliphatic rings. The van der Waals surface area contributed by atoms with Crippen LogP contribution in [0.4, 0.5) is 5.69 Å². The van der Waals surface area contributed by atoms with E-state index in [0.29, 0.717) is 0 Å². The van der Waals surface area contributed by atoms with E-state index in [-0.39, 0.29) is 29.4 Å². The number of hydrogen-bond donors (Lipinski definition) is 2. The zero-order valence-corrected chi connectivity index (χ0v) is 13.9. The van der Waals surface area contributed by atoms with Crippen molar-refractivity contribution >= 4 is 17.6 Å². The van der Waals surface area contributed by atoms with Crippen LogP contribution in [0.1, 0.15) is 30.6 Å². The number of carboxylic acid groups (broad SMARTS) is 1. The van der Waals surface area contributed by atoms with Crippen molar-refractivity contribution in [3.63, 3.8) is 0 Å². The number of nitrogens with zero attached hydrogens (tertiary/aromatic N) is 1. The lowest BCUT2D eigenvalue weighted by Gasteiger charge is -2.17. The van der Waals surface area contributed by atoms with Crippen molar-refractivity contribution in [1.29, 1.82) is 0 Å². The number of nitrogens with one attached hydrogen (secondary N) is 1. The van der Waals surface area contributed by atoms with Gasteiger partial charge >= 0.3 is 11.7 Å². The summed E-state index contributed by atoms with van der Waals surface area (Å²) in [5.41, 5.74) is -0.535. The summed E-state index contributed by atoms with van der Waals surface area (Å²) in [6, 6.07) is 1.19. The Hall–Kier alpha value is -2.84. The van der Waals surface area contributed by atoms with Gasteiger partial charge in [-0.3, -0.25) is 14.9 Å². The third-order valence-electron chi connectivity index (χ3n) is 3.23. The van der Waals surface area contributed by atoms with Gasteiger partial charge in [-0.1, -0.05) is 13.8 Å². The summed E-state index contributed by atoms with van der Waals surface area (Å²) in [6.07, 6.45) is 0.233. The van der Waals surface area contributed by atoms with Crippen LogP contribution in [-0.4, -0.2) is 42.2 Å². The summed E-state index contributed by atoms with van der Waals surface area (Å²) in [4.78, 5) is 34.0. The molecule has 9 heteroatoms. The fraction of sp³-hybridized carbons (Fsp3) is 0.467. The minimum atomic E-state index is -1.17. The number of benzene rings is 1. The molecule has 24 heavy (non-hydrogen) atoms. The molecule has 1 rings (SSSR count). The largest absolute Gasteiger partial charge is 0.493 e. The lowest BCUT2D eigenvalue weighted by molar-refractivity contribution is -0.385. The molecule has 0 radical (unpaired) electrons. The summed E-state index contributed by atoms with van der Waals surface area (Å²) in [7, 11) is 2.52. The number of carbonyl (C=O) groups is 2. The van der Waals surface area contributed by atoms with Crippen LogP contribution in [0.25, 0.3) is 0 Å². The number of carbonyl (C=O) groups excluding carboxylic acids is 1. The van der Waals surface area contributed by atoms with E-state index in [1.165, 1.54) is 20.3 Å². The molecule has 0 fully saturated rings. The Morgan fingerprint density at radius 2 is 1.92 bits per heavy atom. The Bertz CT molecular complexity index is 643. The molecule has 0 heterocycles. The maximum absolute atomic E-state index is 12.3. The van der Waals surface area contributed by atoms with Crippen molar-refractivity contribution in [2.45, 2.75) is 26.3 Å². The molecule has 0 saturated heterocycles. The highest BCUT2D eigenvalue weighted by molar-refractivity contribution is 5.98. The van der Waals surface area contributed by atoms with Gasteiger partial charge in [0, 0.05) is 6.07 Å². The average molecular weight is 340 g/mol. The van der Waals surface area contributed by atoms with Crippen molar-refractivity contribution < 1.29 is 29.1 Å². The SMILES string of the molecule is COc1cc(C(=O)NC(CC(C)C)C(=O)O)cc([N+](=O)[O-])c1OC. The molecule has 0 saturated carbocycles. The van der Waals surface area contributed by atoms with Gasteiger partial charge in [0.2, 0.25) is 5.75 Å². The molecule has 1 unspecified atom stereocenters. The lowest BCUT2D eigenvalue weighted by Crippen LogP contribution is -2.41. The standard InChI is InChI=1S/C15H20N2O7/c1-8(2)5-10(15(19)20)16-14(18)9-6-11(17(21)22)13(24-4)12(7-9)23-3/h6-8,10H,5H2,1-4H3,(H,16,18)(H,19,20). The third-order valence-corrected chi connectivity index (χ3v) is 3.23. The van der Waals surface area contributed by atoms with Crippen LogP contribution in [0.15, 0.2) is 12.1 Å². The van der Waals surface area contributed by atoms with Crippen molar-refractivity contribution in [2.24, 2.45) is 5.92 Å². The monoisotopic (exact) mass is 340 g/mol. The van der Waals surface area contributed by atoms with E-state index in [2.05, 4.69) is 5.32 Å². The fourth-order valence-electron chi connectivity index (χ4n) is 2.15. The predicted molar refractivity (Wildman–Crippen MR) is 84.5 cm³/mol. The lowest BCUT2D eigenvalue weighted by atomic mass is 10.0.